The molecule has 0 spiro atoms. The van der Waals surface area contributed by atoms with Crippen LogP contribution in [0.3, 0.4) is 0 Å². The summed E-state index contributed by atoms with van der Waals surface area (Å²) in [5.41, 5.74) is 1.02. The molecule has 1 heterocycles. The summed E-state index contributed by atoms with van der Waals surface area (Å²) in [4.78, 5) is 34.8. The van der Waals surface area contributed by atoms with E-state index < -0.39 is 10.8 Å². The van der Waals surface area contributed by atoms with E-state index in [-0.39, 0.29) is 34.4 Å². The Morgan fingerprint density at radius 1 is 1.26 bits per heavy atom. The highest BCUT2D eigenvalue weighted by Gasteiger charge is 2.28. The number of nitrogens with one attached hydrogen (secondary N) is 1. The molecule has 0 fully saturated rings. The number of rotatable bonds is 3. The van der Waals surface area contributed by atoms with Crippen molar-refractivity contribution in [3.63, 3.8) is 0 Å². The maximum absolute atomic E-state index is 12.3. The summed E-state index contributed by atoms with van der Waals surface area (Å²) in [6, 6.07) is 8.39. The second-order valence-electron chi connectivity index (χ2n) is 5.74. The topological polar surface area (TPSA) is 105 Å². The third-order valence-electron chi connectivity index (χ3n) is 3.82. The highest BCUT2D eigenvalue weighted by molar-refractivity contribution is 6.42. The number of anilines is 1. The van der Waals surface area contributed by atoms with Crippen LogP contribution in [0.15, 0.2) is 41.5 Å². The molecule has 0 saturated heterocycles. The van der Waals surface area contributed by atoms with E-state index in [4.69, 9.17) is 23.2 Å². The van der Waals surface area contributed by atoms with Gasteiger partial charge in [0.1, 0.15) is 5.84 Å². The molecule has 0 saturated carbocycles. The maximum Gasteiger partial charge on any atom is 0.270 e. The molecule has 2 amide bonds. The lowest BCUT2D eigenvalue weighted by atomic mass is 10.2. The van der Waals surface area contributed by atoms with Gasteiger partial charge in [-0.1, -0.05) is 29.3 Å². The Hall–Kier alpha value is -2.97. The molecule has 0 bridgehead atoms. The van der Waals surface area contributed by atoms with E-state index >= 15 is 0 Å². The summed E-state index contributed by atoms with van der Waals surface area (Å²) in [6.07, 6.45) is -0.125. The monoisotopic (exact) mass is 406 g/mol. The number of nitro benzene ring substituents is 1. The second-order valence-corrected chi connectivity index (χ2v) is 6.56. The lowest BCUT2D eigenvalue weighted by Crippen LogP contribution is -2.29. The van der Waals surface area contributed by atoms with E-state index in [1.807, 2.05) is 0 Å². The number of carbonyl (C=O) groups is 2. The molecular weight excluding hydrogens is 395 g/mol. The molecule has 1 aliphatic heterocycles. The van der Waals surface area contributed by atoms with E-state index in [1.165, 1.54) is 24.3 Å². The minimum absolute atomic E-state index is 0.0866. The number of carbonyl (C=O) groups excluding carboxylic acids is 2. The van der Waals surface area contributed by atoms with Crippen molar-refractivity contribution in [1.82, 2.24) is 5.32 Å². The Bertz CT molecular complexity index is 1010. The van der Waals surface area contributed by atoms with E-state index in [1.54, 1.807) is 13.0 Å². The number of hydrogen-bond acceptors (Lipinski definition) is 5. The number of non-ortho nitro benzene ring substituents is 1. The second kappa shape index (κ2) is 7.34. The van der Waals surface area contributed by atoms with Crippen molar-refractivity contribution in [3.8, 4) is 0 Å². The Balaban J connectivity index is 1.83. The predicted molar refractivity (Wildman–Crippen MR) is 101 cm³/mol. The number of benzene rings is 2. The van der Waals surface area contributed by atoms with E-state index in [2.05, 4.69) is 10.4 Å². The molecule has 0 unspecified atom stereocenters. The first-order valence-corrected chi connectivity index (χ1v) is 8.43. The molecule has 27 heavy (non-hydrogen) atoms. The molecule has 2 aromatic rings. The van der Waals surface area contributed by atoms with Crippen molar-refractivity contribution in [1.29, 1.82) is 0 Å². The average molecular weight is 407 g/mol. The third-order valence-corrected chi connectivity index (χ3v) is 4.54. The zero-order valence-electron chi connectivity index (χ0n) is 13.9. The van der Waals surface area contributed by atoms with Gasteiger partial charge in [-0.3, -0.25) is 19.7 Å². The Morgan fingerprint density at radius 2 is 1.96 bits per heavy atom. The predicted octanol–water partition coefficient (Wildman–Crippen LogP) is 3.69. The minimum atomic E-state index is -0.599. The SMILES string of the molecule is Cc1cc(Cl)c(Cl)cc1N1N=C(NC(=O)c2cccc([N+](=O)[O-])c2)CC1=O. The molecule has 1 N–H and O–H groups in total. The average Bonchev–Trinajstić information content (AvgIpc) is 2.98. The molecule has 2 aromatic carbocycles. The lowest BCUT2D eigenvalue weighted by Gasteiger charge is -2.15. The van der Waals surface area contributed by atoms with Gasteiger partial charge in [0, 0.05) is 17.7 Å². The van der Waals surface area contributed by atoms with Gasteiger partial charge in [-0.2, -0.15) is 10.1 Å². The molecule has 0 aromatic heterocycles. The highest BCUT2D eigenvalue weighted by Crippen LogP contribution is 2.32. The number of hydrazone groups is 1. The van der Waals surface area contributed by atoms with Crippen LogP contribution in [0, 0.1) is 17.0 Å². The number of aryl methyl sites for hydroxylation is 1. The van der Waals surface area contributed by atoms with Crippen LogP contribution < -0.4 is 10.3 Å². The Kier molecular flexibility index (Phi) is 5.11. The van der Waals surface area contributed by atoms with Gasteiger partial charge < -0.3 is 5.32 Å². The van der Waals surface area contributed by atoms with Crippen LogP contribution in [-0.4, -0.2) is 22.6 Å². The fourth-order valence-corrected chi connectivity index (χ4v) is 2.89. The van der Waals surface area contributed by atoms with Crippen molar-refractivity contribution in [2.45, 2.75) is 13.3 Å². The summed E-state index contributed by atoms with van der Waals surface area (Å²) in [6.45, 7) is 1.75. The molecule has 8 nitrogen and oxygen atoms in total. The van der Waals surface area contributed by atoms with Crippen molar-refractivity contribution >= 4 is 52.2 Å². The standard InChI is InChI=1S/C17H12Cl2N4O4/c1-9-5-12(18)13(19)7-14(9)22-16(24)8-15(21-22)20-17(25)10-3-2-4-11(6-10)23(26)27/h2-7H,8H2,1H3,(H,20,21,25). The van der Waals surface area contributed by atoms with Crippen LogP contribution >= 0.6 is 23.2 Å². The molecule has 0 radical (unpaired) electrons. The first-order valence-electron chi connectivity index (χ1n) is 7.68. The van der Waals surface area contributed by atoms with Crippen molar-refractivity contribution in [2.75, 3.05) is 5.01 Å². The first-order chi connectivity index (χ1) is 12.8. The Morgan fingerprint density at radius 3 is 2.67 bits per heavy atom. The van der Waals surface area contributed by atoms with Crippen LogP contribution in [0.4, 0.5) is 11.4 Å². The van der Waals surface area contributed by atoms with Gasteiger partial charge in [0.05, 0.1) is 27.1 Å². The minimum Gasteiger partial charge on any atom is -0.308 e. The van der Waals surface area contributed by atoms with Crippen molar-refractivity contribution in [2.24, 2.45) is 5.10 Å². The molecule has 3 rings (SSSR count). The van der Waals surface area contributed by atoms with Crippen molar-refractivity contribution < 1.29 is 14.5 Å². The molecular formula is C17H12Cl2N4O4. The molecule has 0 aliphatic carbocycles. The smallest absolute Gasteiger partial charge is 0.270 e. The zero-order chi connectivity index (χ0) is 19.7. The van der Waals surface area contributed by atoms with Crippen LogP contribution in [0.1, 0.15) is 22.3 Å². The highest BCUT2D eigenvalue weighted by atomic mass is 35.5. The van der Waals surface area contributed by atoms with E-state index in [0.717, 1.165) is 11.1 Å². The Labute approximate surface area is 163 Å². The molecule has 10 heteroatoms. The van der Waals surface area contributed by atoms with Gasteiger partial charge >= 0.3 is 0 Å². The quantitative estimate of drug-likeness (QED) is 0.619. The number of amides is 2. The summed E-state index contributed by atoms with van der Waals surface area (Å²) in [7, 11) is 0. The van der Waals surface area contributed by atoms with Gasteiger partial charge in [-0.15, -0.1) is 0 Å². The van der Waals surface area contributed by atoms with Crippen LogP contribution in [0.2, 0.25) is 10.0 Å². The van der Waals surface area contributed by atoms with Gasteiger partial charge in [0.15, 0.2) is 0 Å². The summed E-state index contributed by atoms with van der Waals surface area (Å²) >= 11 is 12.0. The molecule has 0 atom stereocenters. The fourth-order valence-electron chi connectivity index (χ4n) is 2.52. The lowest BCUT2D eigenvalue weighted by molar-refractivity contribution is -0.384. The van der Waals surface area contributed by atoms with Crippen LogP contribution in [-0.2, 0) is 4.79 Å². The van der Waals surface area contributed by atoms with Gasteiger partial charge in [0.25, 0.3) is 17.5 Å². The number of nitrogens with zero attached hydrogens (tertiary/aromatic N) is 3. The summed E-state index contributed by atoms with van der Waals surface area (Å²) < 4.78 is 0. The van der Waals surface area contributed by atoms with Crippen molar-refractivity contribution in [3.05, 3.63) is 67.7 Å². The summed E-state index contributed by atoms with van der Waals surface area (Å²) in [5.74, 6) is -0.828. The fraction of sp³-hybridized carbons (Fsp3) is 0.118. The van der Waals surface area contributed by atoms with Gasteiger partial charge in [-0.25, -0.2) is 0 Å². The number of hydrogen-bond donors (Lipinski definition) is 1. The number of halogens is 2. The van der Waals surface area contributed by atoms with Gasteiger partial charge in [0.2, 0.25) is 0 Å². The number of amidine groups is 1. The third kappa shape index (κ3) is 3.91. The maximum atomic E-state index is 12.3. The molecule has 138 valence electrons. The largest absolute Gasteiger partial charge is 0.308 e. The normalized spacial score (nSPS) is 13.5. The first kappa shape index (κ1) is 18.8. The van der Waals surface area contributed by atoms with E-state index in [0.29, 0.717) is 16.3 Å². The van der Waals surface area contributed by atoms with Gasteiger partial charge in [-0.05, 0) is 30.7 Å². The van der Waals surface area contributed by atoms with E-state index in [9.17, 15) is 19.7 Å². The van der Waals surface area contributed by atoms with Crippen LogP contribution in [0.25, 0.3) is 0 Å². The summed E-state index contributed by atoms with van der Waals surface area (Å²) in [5, 5.41) is 19.2. The molecule has 1 aliphatic rings. The zero-order valence-corrected chi connectivity index (χ0v) is 15.4. The number of nitro groups is 1. The van der Waals surface area contributed by atoms with Crippen LogP contribution in [0.5, 0.6) is 0 Å².